The van der Waals surface area contributed by atoms with Crippen LogP contribution in [-0.4, -0.2) is 47.0 Å². The maximum absolute atomic E-state index is 10.9. The summed E-state index contributed by atoms with van der Waals surface area (Å²) in [6.07, 6.45) is 0. The van der Waals surface area contributed by atoms with Gasteiger partial charge < -0.3 is 24.3 Å². The average Bonchev–Trinajstić information content (AvgIpc) is 2.94. The number of aliphatic hydroxyl groups excluding tert-OH is 1. The van der Waals surface area contributed by atoms with E-state index in [2.05, 4.69) is 0 Å². The average molecular weight is 248 g/mol. The molecule has 0 bridgehead atoms. The maximum atomic E-state index is 10.9. The number of aliphatic hydroxyl groups is 1. The Kier molecular flexibility index (Phi) is 1.81. The van der Waals surface area contributed by atoms with Crippen molar-refractivity contribution in [2.45, 2.75) is 18.2 Å². The second kappa shape index (κ2) is 2.97. The van der Waals surface area contributed by atoms with Gasteiger partial charge in [-0.05, 0) is 12.5 Å². The lowest BCUT2D eigenvalue weighted by atomic mass is 9.64. The largest absolute Gasteiger partial charge is 0.566 e. The molecule has 18 heavy (non-hydrogen) atoms. The van der Waals surface area contributed by atoms with Crippen LogP contribution in [0.2, 0.25) is 0 Å². The normalized spacial score (nSPS) is 45.3. The van der Waals surface area contributed by atoms with Crippen LogP contribution in [0.1, 0.15) is 12.5 Å². The summed E-state index contributed by atoms with van der Waals surface area (Å²) in [6, 6.07) is 7.63. The zero-order valence-electron chi connectivity index (χ0n) is 10.2. The molecule has 2 fully saturated rings. The van der Waals surface area contributed by atoms with Gasteiger partial charge in [0.1, 0.15) is 5.72 Å². The van der Waals surface area contributed by atoms with E-state index in [1.54, 1.807) is 0 Å². The fourth-order valence-corrected chi connectivity index (χ4v) is 3.88. The fraction of sp³-hybridized carbons (Fsp3) is 0.500. The Morgan fingerprint density at radius 3 is 2.94 bits per heavy atom. The van der Waals surface area contributed by atoms with Crippen molar-refractivity contribution >= 4 is 12.1 Å². The zero-order chi connectivity index (χ0) is 12.6. The SMILES string of the molecule is C[C@]12OC[C@]3(CO)CO[B@-](O)(c4ccccc41)N32. The zero-order valence-corrected chi connectivity index (χ0v) is 10.2. The standard InChI is InChI=1S/C12H15BNO4/c1-11-9-4-2-3-5-10(9)13(16)14(11)12(6-15,7-17-11)8-18-13/h2-5,15-16H,6-8H2,1H3/q-1/t11-,12+,13+/m0/s1. The summed E-state index contributed by atoms with van der Waals surface area (Å²) < 4.78 is 11.6. The van der Waals surface area contributed by atoms with Crippen molar-refractivity contribution < 1.29 is 19.5 Å². The minimum Gasteiger partial charge on any atom is -0.566 e. The summed E-state index contributed by atoms with van der Waals surface area (Å²) in [5, 5.41) is 20.6. The van der Waals surface area contributed by atoms with Crippen LogP contribution in [0.3, 0.4) is 0 Å². The lowest BCUT2D eigenvalue weighted by Crippen LogP contribution is -2.63. The minimum absolute atomic E-state index is 0.0827. The molecule has 4 rings (SSSR count). The number of benzene rings is 1. The fourth-order valence-electron chi connectivity index (χ4n) is 3.88. The lowest BCUT2D eigenvalue weighted by molar-refractivity contribution is -0.0457. The highest BCUT2D eigenvalue weighted by molar-refractivity contribution is 6.79. The van der Waals surface area contributed by atoms with Crippen LogP contribution in [0.25, 0.3) is 0 Å². The van der Waals surface area contributed by atoms with E-state index in [0.717, 1.165) is 11.0 Å². The van der Waals surface area contributed by atoms with Crippen molar-refractivity contribution in [1.29, 1.82) is 0 Å². The molecule has 3 aliphatic rings. The Balaban J connectivity index is 2.01. The molecule has 3 atom stereocenters. The summed E-state index contributed by atoms with van der Waals surface area (Å²) in [5.74, 6) is 0. The molecule has 0 aromatic heterocycles. The summed E-state index contributed by atoms with van der Waals surface area (Å²) in [6.45, 7) is 0.280. The highest BCUT2D eigenvalue weighted by atomic mass is 16.6. The topological polar surface area (TPSA) is 62.2 Å². The highest BCUT2D eigenvalue weighted by Gasteiger charge is 2.67. The van der Waals surface area contributed by atoms with Gasteiger partial charge in [0.2, 0.25) is 0 Å². The van der Waals surface area contributed by atoms with Gasteiger partial charge in [-0.3, -0.25) is 0 Å². The van der Waals surface area contributed by atoms with Crippen molar-refractivity contribution in [1.82, 2.24) is 4.81 Å². The minimum atomic E-state index is -2.23. The first-order chi connectivity index (χ1) is 8.57. The van der Waals surface area contributed by atoms with E-state index in [-0.39, 0.29) is 6.61 Å². The molecule has 5 nitrogen and oxygen atoms in total. The molecule has 0 radical (unpaired) electrons. The molecule has 1 aromatic rings. The summed E-state index contributed by atoms with van der Waals surface area (Å²) in [5.41, 5.74) is 0.380. The van der Waals surface area contributed by atoms with Crippen molar-refractivity contribution in [2.75, 3.05) is 19.8 Å². The van der Waals surface area contributed by atoms with Gasteiger partial charge in [0.15, 0.2) is 0 Å². The molecular weight excluding hydrogens is 233 g/mol. The van der Waals surface area contributed by atoms with Gasteiger partial charge in [0.25, 0.3) is 0 Å². The Morgan fingerprint density at radius 1 is 1.39 bits per heavy atom. The summed E-state index contributed by atoms with van der Waals surface area (Å²) in [4.78, 5) is 1.84. The molecule has 96 valence electrons. The van der Waals surface area contributed by atoms with Crippen LogP contribution < -0.4 is 5.46 Å². The van der Waals surface area contributed by atoms with Gasteiger partial charge in [-0.25, -0.2) is 0 Å². The number of hydrogen-bond acceptors (Lipinski definition) is 5. The van der Waals surface area contributed by atoms with Crippen molar-refractivity contribution in [3.63, 3.8) is 0 Å². The Bertz CT molecular complexity index is 498. The maximum Gasteiger partial charge on any atom is 0.348 e. The van der Waals surface area contributed by atoms with E-state index in [9.17, 15) is 10.1 Å². The third-order valence-electron chi connectivity index (χ3n) is 4.69. The Hall–Kier alpha value is -0.915. The van der Waals surface area contributed by atoms with E-state index in [1.165, 1.54) is 0 Å². The van der Waals surface area contributed by atoms with E-state index < -0.39 is 18.0 Å². The van der Waals surface area contributed by atoms with E-state index in [0.29, 0.717) is 13.2 Å². The molecule has 2 N–H and O–H groups in total. The predicted molar refractivity (Wildman–Crippen MR) is 65.0 cm³/mol. The molecule has 6 heteroatoms. The van der Waals surface area contributed by atoms with Crippen LogP contribution in [0.15, 0.2) is 24.3 Å². The lowest BCUT2D eigenvalue weighted by Gasteiger charge is -2.43. The van der Waals surface area contributed by atoms with Crippen LogP contribution in [0.5, 0.6) is 0 Å². The first kappa shape index (κ1) is 11.0. The molecule has 0 amide bonds. The number of rotatable bonds is 1. The van der Waals surface area contributed by atoms with Crippen molar-refractivity contribution in [3.8, 4) is 0 Å². The first-order valence-corrected chi connectivity index (χ1v) is 6.22. The van der Waals surface area contributed by atoms with Gasteiger partial charge in [-0.15, -0.1) is 5.46 Å². The van der Waals surface area contributed by atoms with Gasteiger partial charge in [-0.2, -0.15) is 0 Å². The summed E-state index contributed by atoms with van der Waals surface area (Å²) in [7, 11) is 0. The second-order valence-electron chi connectivity index (χ2n) is 5.62. The quantitative estimate of drug-likeness (QED) is 0.631. The predicted octanol–water partition coefficient (Wildman–Crippen LogP) is -0.895. The third kappa shape index (κ3) is 0.918. The number of fused-ring (bicyclic) bond motifs is 3. The Labute approximate surface area is 105 Å². The third-order valence-corrected chi connectivity index (χ3v) is 4.69. The van der Waals surface area contributed by atoms with Gasteiger partial charge >= 0.3 is 6.69 Å². The van der Waals surface area contributed by atoms with Gasteiger partial charge in [0, 0.05) is 6.61 Å². The molecule has 3 aliphatic heterocycles. The summed E-state index contributed by atoms with van der Waals surface area (Å²) >= 11 is 0. The number of nitrogens with zero attached hydrogens (tertiary/aromatic N) is 1. The molecule has 1 aromatic carbocycles. The second-order valence-corrected chi connectivity index (χ2v) is 5.62. The monoisotopic (exact) mass is 248 g/mol. The molecule has 2 saturated heterocycles. The van der Waals surface area contributed by atoms with Crippen molar-refractivity contribution in [3.05, 3.63) is 29.8 Å². The number of ether oxygens (including phenoxy) is 1. The van der Waals surface area contributed by atoms with Crippen LogP contribution in [0.4, 0.5) is 0 Å². The molecule has 3 heterocycles. The van der Waals surface area contributed by atoms with Crippen molar-refractivity contribution in [2.24, 2.45) is 0 Å². The smallest absolute Gasteiger partial charge is 0.348 e. The van der Waals surface area contributed by atoms with Gasteiger partial charge in [-0.1, -0.05) is 24.3 Å². The molecule has 0 spiro atoms. The van der Waals surface area contributed by atoms with E-state index >= 15 is 0 Å². The first-order valence-electron chi connectivity index (χ1n) is 6.22. The molecule has 0 unspecified atom stereocenters. The van der Waals surface area contributed by atoms with Crippen LogP contribution in [-0.2, 0) is 15.1 Å². The number of hydrogen-bond donors (Lipinski definition) is 2. The van der Waals surface area contributed by atoms with Gasteiger partial charge in [0.05, 0.1) is 18.8 Å². The van der Waals surface area contributed by atoms with E-state index in [1.807, 2.05) is 36.0 Å². The molecular formula is C12H15BNO4-. The highest BCUT2D eigenvalue weighted by Crippen LogP contribution is 2.52. The molecule has 0 aliphatic carbocycles. The molecule has 0 saturated carbocycles. The van der Waals surface area contributed by atoms with Crippen LogP contribution in [0, 0.1) is 0 Å². The van der Waals surface area contributed by atoms with Crippen LogP contribution >= 0.6 is 0 Å². The Morgan fingerprint density at radius 2 is 2.17 bits per heavy atom. The van der Waals surface area contributed by atoms with E-state index in [4.69, 9.17) is 9.39 Å².